The highest BCUT2D eigenvalue weighted by Gasteiger charge is 2.19. The molecule has 1 saturated heterocycles. The van der Waals surface area contributed by atoms with Gasteiger partial charge in [-0.25, -0.2) is 0 Å². The van der Waals surface area contributed by atoms with Crippen LogP contribution >= 0.6 is 11.6 Å². The molecule has 1 fully saturated rings. The molecule has 0 atom stereocenters. The summed E-state index contributed by atoms with van der Waals surface area (Å²) in [6.45, 7) is 4.03. The zero-order chi connectivity index (χ0) is 16.1. The number of rotatable bonds is 4. The second-order valence-corrected chi connectivity index (χ2v) is 6.09. The molecular formula is C18H20ClN3O. The van der Waals surface area contributed by atoms with Gasteiger partial charge in [0.1, 0.15) is 0 Å². The summed E-state index contributed by atoms with van der Waals surface area (Å²) in [6, 6.07) is 17.5. The Morgan fingerprint density at radius 2 is 1.61 bits per heavy atom. The number of nitrogens with one attached hydrogen (secondary N) is 1. The second-order valence-electron chi connectivity index (χ2n) is 5.65. The van der Waals surface area contributed by atoms with Gasteiger partial charge < -0.3 is 10.2 Å². The van der Waals surface area contributed by atoms with Gasteiger partial charge in [0.05, 0.1) is 6.54 Å². The minimum atomic E-state index is 0.0381. The molecular weight excluding hydrogens is 310 g/mol. The van der Waals surface area contributed by atoms with E-state index in [2.05, 4.69) is 15.1 Å². The smallest absolute Gasteiger partial charge is 0.238 e. The van der Waals surface area contributed by atoms with Gasteiger partial charge in [-0.15, -0.1) is 0 Å². The van der Waals surface area contributed by atoms with E-state index < -0.39 is 0 Å². The van der Waals surface area contributed by atoms with E-state index in [-0.39, 0.29) is 5.91 Å². The lowest BCUT2D eigenvalue weighted by molar-refractivity contribution is -0.117. The van der Waals surface area contributed by atoms with E-state index in [1.807, 2.05) is 54.6 Å². The summed E-state index contributed by atoms with van der Waals surface area (Å²) in [6.07, 6.45) is 0. The fourth-order valence-electron chi connectivity index (χ4n) is 2.74. The van der Waals surface area contributed by atoms with Gasteiger partial charge in [0.25, 0.3) is 0 Å². The fraction of sp³-hybridized carbons (Fsp3) is 0.278. The van der Waals surface area contributed by atoms with Gasteiger partial charge in [0, 0.05) is 42.6 Å². The standard InChI is InChI=1S/C18H20ClN3O/c19-15-6-8-17(9-7-15)22-12-10-21(11-13-22)14-18(23)20-16-4-2-1-3-5-16/h1-9H,10-14H2,(H,20,23). The van der Waals surface area contributed by atoms with Crippen LogP contribution in [0, 0.1) is 0 Å². The monoisotopic (exact) mass is 329 g/mol. The number of halogens is 1. The van der Waals surface area contributed by atoms with Crippen molar-refractivity contribution in [1.82, 2.24) is 4.90 Å². The van der Waals surface area contributed by atoms with Gasteiger partial charge in [-0.3, -0.25) is 9.69 Å². The molecule has 2 aromatic rings. The van der Waals surface area contributed by atoms with E-state index in [9.17, 15) is 4.79 Å². The topological polar surface area (TPSA) is 35.6 Å². The van der Waals surface area contributed by atoms with E-state index >= 15 is 0 Å². The molecule has 0 unspecified atom stereocenters. The first-order valence-corrected chi connectivity index (χ1v) is 8.16. The Bertz CT molecular complexity index is 637. The van der Waals surface area contributed by atoms with Gasteiger partial charge >= 0.3 is 0 Å². The molecule has 1 amide bonds. The Morgan fingerprint density at radius 1 is 0.957 bits per heavy atom. The lowest BCUT2D eigenvalue weighted by Gasteiger charge is -2.35. The molecule has 0 bridgehead atoms. The van der Waals surface area contributed by atoms with Crippen LogP contribution < -0.4 is 10.2 Å². The van der Waals surface area contributed by atoms with Crippen molar-refractivity contribution in [2.45, 2.75) is 0 Å². The van der Waals surface area contributed by atoms with E-state index in [1.165, 1.54) is 5.69 Å². The number of amides is 1. The first-order valence-electron chi connectivity index (χ1n) is 7.78. The SMILES string of the molecule is O=C(CN1CCN(c2ccc(Cl)cc2)CC1)Nc1ccccc1. The molecule has 0 radical (unpaired) electrons. The highest BCUT2D eigenvalue weighted by Crippen LogP contribution is 2.19. The van der Waals surface area contributed by atoms with Crippen LogP contribution in [0.5, 0.6) is 0 Å². The molecule has 3 rings (SSSR count). The Morgan fingerprint density at radius 3 is 2.26 bits per heavy atom. The van der Waals surface area contributed by atoms with E-state index in [0.717, 1.165) is 36.9 Å². The van der Waals surface area contributed by atoms with Crippen LogP contribution in [0.2, 0.25) is 5.02 Å². The summed E-state index contributed by atoms with van der Waals surface area (Å²) in [7, 11) is 0. The third-order valence-corrected chi connectivity index (χ3v) is 4.24. The second kappa shape index (κ2) is 7.49. The van der Waals surface area contributed by atoms with Crippen LogP contribution in [-0.2, 0) is 4.79 Å². The maximum atomic E-state index is 12.1. The Kier molecular flexibility index (Phi) is 5.16. The van der Waals surface area contributed by atoms with Crippen molar-refractivity contribution in [2.75, 3.05) is 42.9 Å². The van der Waals surface area contributed by atoms with Crippen molar-refractivity contribution in [3.8, 4) is 0 Å². The average molecular weight is 330 g/mol. The number of nitrogens with zero attached hydrogens (tertiary/aromatic N) is 2. The molecule has 0 aromatic heterocycles. The van der Waals surface area contributed by atoms with E-state index in [0.29, 0.717) is 6.54 Å². The quantitative estimate of drug-likeness (QED) is 0.936. The highest BCUT2D eigenvalue weighted by atomic mass is 35.5. The summed E-state index contributed by atoms with van der Waals surface area (Å²) in [4.78, 5) is 16.6. The van der Waals surface area contributed by atoms with E-state index in [4.69, 9.17) is 11.6 Å². The normalized spacial score (nSPS) is 15.4. The third-order valence-electron chi connectivity index (χ3n) is 3.99. The largest absolute Gasteiger partial charge is 0.369 e. The average Bonchev–Trinajstić information content (AvgIpc) is 2.57. The molecule has 5 heteroatoms. The highest BCUT2D eigenvalue weighted by molar-refractivity contribution is 6.30. The molecule has 1 heterocycles. The Hall–Kier alpha value is -2.04. The van der Waals surface area contributed by atoms with Crippen molar-refractivity contribution in [1.29, 1.82) is 0 Å². The summed E-state index contributed by atoms with van der Waals surface area (Å²) in [5, 5.41) is 3.68. The molecule has 0 spiro atoms. The maximum absolute atomic E-state index is 12.1. The van der Waals surface area contributed by atoms with Crippen LogP contribution in [0.15, 0.2) is 54.6 Å². The molecule has 2 aromatic carbocycles. The summed E-state index contributed by atoms with van der Waals surface area (Å²) in [5.41, 5.74) is 2.03. The first-order chi connectivity index (χ1) is 11.2. The van der Waals surface area contributed by atoms with Crippen molar-refractivity contribution >= 4 is 28.9 Å². The molecule has 1 N–H and O–H groups in total. The number of carbonyl (C=O) groups is 1. The van der Waals surface area contributed by atoms with Gasteiger partial charge in [-0.2, -0.15) is 0 Å². The predicted molar refractivity (Wildman–Crippen MR) is 95.2 cm³/mol. The van der Waals surface area contributed by atoms with Crippen LogP contribution in [-0.4, -0.2) is 43.5 Å². The van der Waals surface area contributed by atoms with Gasteiger partial charge in [-0.05, 0) is 36.4 Å². The summed E-state index contributed by atoms with van der Waals surface area (Å²) >= 11 is 5.93. The van der Waals surface area contributed by atoms with Crippen LogP contribution in [0.1, 0.15) is 0 Å². The number of anilines is 2. The van der Waals surface area contributed by atoms with Gasteiger partial charge in [0.15, 0.2) is 0 Å². The molecule has 0 aliphatic carbocycles. The lowest BCUT2D eigenvalue weighted by Crippen LogP contribution is -2.48. The number of carbonyl (C=O) groups excluding carboxylic acids is 1. The van der Waals surface area contributed by atoms with Crippen LogP contribution in [0.3, 0.4) is 0 Å². The summed E-state index contributed by atoms with van der Waals surface area (Å²) < 4.78 is 0. The number of benzene rings is 2. The minimum Gasteiger partial charge on any atom is -0.369 e. The van der Waals surface area contributed by atoms with Crippen molar-refractivity contribution in [3.63, 3.8) is 0 Å². The molecule has 23 heavy (non-hydrogen) atoms. The minimum absolute atomic E-state index is 0.0381. The van der Waals surface area contributed by atoms with Crippen molar-refractivity contribution in [3.05, 3.63) is 59.6 Å². The Balaban J connectivity index is 1.47. The van der Waals surface area contributed by atoms with Gasteiger partial charge in [-0.1, -0.05) is 29.8 Å². The number of hydrogen-bond acceptors (Lipinski definition) is 3. The Labute approximate surface area is 141 Å². The number of para-hydroxylation sites is 1. The zero-order valence-electron chi connectivity index (χ0n) is 12.9. The van der Waals surface area contributed by atoms with Crippen LogP contribution in [0.25, 0.3) is 0 Å². The zero-order valence-corrected chi connectivity index (χ0v) is 13.7. The third kappa shape index (κ3) is 4.47. The van der Waals surface area contributed by atoms with E-state index in [1.54, 1.807) is 0 Å². The molecule has 0 saturated carbocycles. The lowest BCUT2D eigenvalue weighted by atomic mass is 10.2. The molecule has 120 valence electrons. The molecule has 4 nitrogen and oxygen atoms in total. The molecule has 1 aliphatic rings. The van der Waals surface area contributed by atoms with Crippen LogP contribution in [0.4, 0.5) is 11.4 Å². The maximum Gasteiger partial charge on any atom is 0.238 e. The first kappa shape index (κ1) is 15.8. The number of hydrogen-bond donors (Lipinski definition) is 1. The fourth-order valence-corrected chi connectivity index (χ4v) is 2.87. The summed E-state index contributed by atoms with van der Waals surface area (Å²) in [5.74, 6) is 0.0381. The number of piperazine rings is 1. The van der Waals surface area contributed by atoms with Gasteiger partial charge in [0.2, 0.25) is 5.91 Å². The molecule has 1 aliphatic heterocycles. The van der Waals surface area contributed by atoms with Crippen molar-refractivity contribution in [2.24, 2.45) is 0 Å². The van der Waals surface area contributed by atoms with Crippen molar-refractivity contribution < 1.29 is 4.79 Å². The predicted octanol–water partition coefficient (Wildman–Crippen LogP) is 3.10.